The predicted octanol–water partition coefficient (Wildman–Crippen LogP) is 2.06. The average molecular weight is 317 g/mol. The van der Waals surface area contributed by atoms with E-state index in [1.165, 1.54) is 17.0 Å². The second kappa shape index (κ2) is 5.82. The Morgan fingerprint density at radius 2 is 2.27 bits per heavy atom. The van der Waals surface area contributed by atoms with E-state index in [0.29, 0.717) is 16.6 Å². The van der Waals surface area contributed by atoms with Gasteiger partial charge in [-0.05, 0) is 25.1 Å². The van der Waals surface area contributed by atoms with Crippen molar-refractivity contribution in [3.8, 4) is 11.3 Å². The second-order valence-electron chi connectivity index (χ2n) is 4.92. The number of aromatic nitrogens is 4. The van der Waals surface area contributed by atoms with Crippen molar-refractivity contribution in [3.05, 3.63) is 52.4 Å². The standard InChI is InChI=1S/C15H13ClN4O2/c1-9(7-21)20-8-18-14-11(15(20)22)5-12(16)19-13(14)10-3-2-4-17-6-10/h2-6,8-9,21H,7H2,1H3/t9-/m0/s1. The van der Waals surface area contributed by atoms with E-state index in [2.05, 4.69) is 15.0 Å². The van der Waals surface area contributed by atoms with Crippen molar-refractivity contribution in [2.24, 2.45) is 0 Å². The van der Waals surface area contributed by atoms with Gasteiger partial charge in [0.2, 0.25) is 0 Å². The van der Waals surface area contributed by atoms with Gasteiger partial charge in [-0.2, -0.15) is 0 Å². The molecule has 0 aromatic carbocycles. The van der Waals surface area contributed by atoms with Crippen molar-refractivity contribution < 1.29 is 5.11 Å². The van der Waals surface area contributed by atoms with Crippen LogP contribution in [0.4, 0.5) is 0 Å². The summed E-state index contributed by atoms with van der Waals surface area (Å²) in [6.45, 7) is 1.58. The monoisotopic (exact) mass is 316 g/mol. The summed E-state index contributed by atoms with van der Waals surface area (Å²) in [6.07, 6.45) is 4.71. The summed E-state index contributed by atoms with van der Waals surface area (Å²) in [5, 5.41) is 9.81. The molecular weight excluding hydrogens is 304 g/mol. The highest BCUT2D eigenvalue weighted by Gasteiger charge is 2.15. The molecule has 1 N–H and O–H groups in total. The summed E-state index contributed by atoms with van der Waals surface area (Å²) < 4.78 is 1.38. The molecule has 1 atom stereocenters. The van der Waals surface area contributed by atoms with E-state index in [-0.39, 0.29) is 23.4 Å². The van der Waals surface area contributed by atoms with Gasteiger partial charge in [-0.1, -0.05) is 11.6 Å². The van der Waals surface area contributed by atoms with Crippen LogP contribution in [-0.2, 0) is 0 Å². The van der Waals surface area contributed by atoms with E-state index in [9.17, 15) is 9.90 Å². The van der Waals surface area contributed by atoms with Crippen molar-refractivity contribution in [1.82, 2.24) is 19.5 Å². The van der Waals surface area contributed by atoms with Gasteiger partial charge in [-0.25, -0.2) is 9.97 Å². The Bertz CT molecular complexity index is 880. The molecule has 0 aliphatic rings. The average Bonchev–Trinajstić information content (AvgIpc) is 2.55. The zero-order chi connectivity index (χ0) is 15.7. The van der Waals surface area contributed by atoms with Crippen LogP contribution < -0.4 is 5.56 Å². The summed E-state index contributed by atoms with van der Waals surface area (Å²) in [4.78, 5) is 25.2. The van der Waals surface area contributed by atoms with Gasteiger partial charge in [0, 0.05) is 18.0 Å². The Morgan fingerprint density at radius 3 is 2.95 bits per heavy atom. The molecule has 112 valence electrons. The number of aliphatic hydroxyl groups is 1. The van der Waals surface area contributed by atoms with Crippen molar-refractivity contribution in [3.63, 3.8) is 0 Å². The number of fused-ring (bicyclic) bond motifs is 1. The number of halogens is 1. The van der Waals surface area contributed by atoms with Crippen LogP contribution in [-0.4, -0.2) is 31.2 Å². The lowest BCUT2D eigenvalue weighted by Gasteiger charge is -2.13. The topological polar surface area (TPSA) is 80.9 Å². The predicted molar refractivity (Wildman–Crippen MR) is 83.8 cm³/mol. The van der Waals surface area contributed by atoms with Crippen LogP contribution in [0.5, 0.6) is 0 Å². The Morgan fingerprint density at radius 1 is 1.45 bits per heavy atom. The van der Waals surface area contributed by atoms with Crippen molar-refractivity contribution in [1.29, 1.82) is 0 Å². The first-order valence-corrected chi connectivity index (χ1v) is 7.08. The minimum absolute atomic E-state index is 0.151. The lowest BCUT2D eigenvalue weighted by Crippen LogP contribution is -2.25. The number of pyridine rings is 2. The van der Waals surface area contributed by atoms with Crippen LogP contribution in [0.25, 0.3) is 22.2 Å². The second-order valence-corrected chi connectivity index (χ2v) is 5.31. The van der Waals surface area contributed by atoms with Crippen LogP contribution in [0.2, 0.25) is 5.15 Å². The Kier molecular flexibility index (Phi) is 3.87. The molecule has 3 aromatic rings. The molecule has 3 rings (SSSR count). The molecule has 3 heterocycles. The minimum Gasteiger partial charge on any atom is -0.394 e. The molecule has 0 spiro atoms. The summed E-state index contributed by atoms with van der Waals surface area (Å²) in [7, 11) is 0. The quantitative estimate of drug-likeness (QED) is 0.748. The third kappa shape index (κ3) is 2.47. The molecule has 3 aromatic heterocycles. The third-order valence-electron chi connectivity index (χ3n) is 3.41. The fourth-order valence-corrected chi connectivity index (χ4v) is 2.41. The Hall–Kier alpha value is -2.31. The lowest BCUT2D eigenvalue weighted by molar-refractivity contribution is 0.236. The maximum absolute atomic E-state index is 12.6. The Labute approximate surface area is 131 Å². The van der Waals surface area contributed by atoms with Gasteiger partial charge in [0.15, 0.2) is 0 Å². The van der Waals surface area contributed by atoms with Crippen LogP contribution in [0, 0.1) is 0 Å². The van der Waals surface area contributed by atoms with E-state index in [1.807, 2.05) is 6.07 Å². The molecule has 0 saturated heterocycles. The highest BCUT2D eigenvalue weighted by atomic mass is 35.5. The first kappa shape index (κ1) is 14.6. The summed E-state index contributed by atoms with van der Waals surface area (Å²) in [5.74, 6) is 0. The molecule has 0 fully saturated rings. The van der Waals surface area contributed by atoms with E-state index >= 15 is 0 Å². The van der Waals surface area contributed by atoms with Crippen molar-refractivity contribution in [2.45, 2.75) is 13.0 Å². The van der Waals surface area contributed by atoms with Gasteiger partial charge in [-0.15, -0.1) is 0 Å². The number of nitrogens with zero attached hydrogens (tertiary/aromatic N) is 4. The first-order chi connectivity index (χ1) is 10.6. The smallest absolute Gasteiger partial charge is 0.261 e. The molecule has 0 aliphatic carbocycles. The zero-order valence-corrected chi connectivity index (χ0v) is 12.5. The van der Waals surface area contributed by atoms with E-state index < -0.39 is 0 Å². The molecule has 0 amide bonds. The van der Waals surface area contributed by atoms with E-state index in [4.69, 9.17) is 11.6 Å². The van der Waals surface area contributed by atoms with Gasteiger partial charge < -0.3 is 5.11 Å². The van der Waals surface area contributed by atoms with Gasteiger partial charge in [0.05, 0.1) is 24.4 Å². The van der Waals surface area contributed by atoms with Gasteiger partial charge >= 0.3 is 0 Å². The third-order valence-corrected chi connectivity index (χ3v) is 3.61. The van der Waals surface area contributed by atoms with E-state index in [1.54, 1.807) is 25.4 Å². The van der Waals surface area contributed by atoms with Crippen LogP contribution in [0.3, 0.4) is 0 Å². The van der Waals surface area contributed by atoms with Crippen molar-refractivity contribution >= 4 is 22.5 Å². The van der Waals surface area contributed by atoms with Crippen LogP contribution in [0.15, 0.2) is 41.7 Å². The summed E-state index contributed by atoms with van der Waals surface area (Å²) in [6, 6.07) is 4.73. The molecule has 0 unspecified atom stereocenters. The molecule has 22 heavy (non-hydrogen) atoms. The van der Waals surface area contributed by atoms with E-state index in [0.717, 1.165) is 5.56 Å². The maximum Gasteiger partial charge on any atom is 0.261 e. The van der Waals surface area contributed by atoms with Crippen LogP contribution in [0.1, 0.15) is 13.0 Å². The summed E-state index contributed by atoms with van der Waals surface area (Å²) in [5.41, 5.74) is 1.44. The first-order valence-electron chi connectivity index (χ1n) is 6.70. The molecule has 0 aliphatic heterocycles. The molecular formula is C15H13ClN4O2. The summed E-state index contributed by atoms with van der Waals surface area (Å²) >= 11 is 6.05. The maximum atomic E-state index is 12.6. The zero-order valence-electron chi connectivity index (χ0n) is 11.8. The number of hydrogen-bond donors (Lipinski definition) is 1. The fourth-order valence-electron chi connectivity index (χ4n) is 2.22. The lowest BCUT2D eigenvalue weighted by atomic mass is 10.1. The number of rotatable bonds is 3. The molecule has 0 bridgehead atoms. The fraction of sp³-hybridized carbons (Fsp3) is 0.200. The van der Waals surface area contributed by atoms with Gasteiger partial charge in [0.25, 0.3) is 5.56 Å². The molecule has 0 radical (unpaired) electrons. The largest absolute Gasteiger partial charge is 0.394 e. The van der Waals surface area contributed by atoms with Crippen molar-refractivity contribution in [2.75, 3.05) is 6.61 Å². The van der Waals surface area contributed by atoms with Crippen LogP contribution >= 0.6 is 11.6 Å². The SMILES string of the molecule is C[C@@H](CO)n1cnc2c(-c3cccnc3)nc(Cl)cc2c1=O. The number of aliphatic hydroxyl groups excluding tert-OH is 1. The highest BCUT2D eigenvalue weighted by molar-refractivity contribution is 6.30. The normalized spacial score (nSPS) is 12.5. The van der Waals surface area contributed by atoms with Gasteiger partial charge in [0.1, 0.15) is 16.4 Å². The molecule has 7 heteroatoms. The molecule has 6 nitrogen and oxygen atoms in total. The molecule has 0 saturated carbocycles. The Balaban J connectivity index is 2.33. The minimum atomic E-state index is -0.363. The van der Waals surface area contributed by atoms with Gasteiger partial charge in [-0.3, -0.25) is 14.3 Å². The number of hydrogen-bond acceptors (Lipinski definition) is 5. The highest BCUT2D eigenvalue weighted by Crippen LogP contribution is 2.25.